The summed E-state index contributed by atoms with van der Waals surface area (Å²) in [4.78, 5) is 0. The van der Waals surface area contributed by atoms with Gasteiger partial charge >= 0.3 is 0 Å². The highest BCUT2D eigenvalue weighted by molar-refractivity contribution is 5.84. The van der Waals surface area contributed by atoms with Crippen LogP contribution in [0.3, 0.4) is 0 Å². The van der Waals surface area contributed by atoms with Gasteiger partial charge in [0.05, 0.1) is 18.7 Å². The molecule has 180 valence electrons. The van der Waals surface area contributed by atoms with Crippen LogP contribution in [0.25, 0.3) is 22.3 Å². The fraction of sp³-hybridized carbons (Fsp3) is 0.462. The number of H-pyrrole nitrogens is 1. The Morgan fingerprint density at radius 1 is 0.971 bits per heavy atom. The number of hydrogen-bond donors (Lipinski definition) is 1. The summed E-state index contributed by atoms with van der Waals surface area (Å²) in [6.07, 6.45) is 6.07. The number of aromatic amines is 1. The number of fused-ring (bicyclic) bond motifs is 1. The topological polar surface area (TPSA) is 90.7 Å². The van der Waals surface area contributed by atoms with Crippen molar-refractivity contribution in [2.45, 2.75) is 59.9 Å². The molecule has 0 saturated carbocycles. The van der Waals surface area contributed by atoms with Gasteiger partial charge in [-0.2, -0.15) is 10.3 Å². The molecular formula is C26H34N6O2. The van der Waals surface area contributed by atoms with Gasteiger partial charge in [-0.05, 0) is 66.3 Å². The summed E-state index contributed by atoms with van der Waals surface area (Å²) in [5, 5.41) is 20.0. The van der Waals surface area contributed by atoms with Crippen molar-refractivity contribution in [3.05, 3.63) is 48.2 Å². The molecule has 34 heavy (non-hydrogen) atoms. The van der Waals surface area contributed by atoms with E-state index in [2.05, 4.69) is 71.3 Å². The first-order valence-electron chi connectivity index (χ1n) is 12.0. The molecule has 0 atom stereocenters. The van der Waals surface area contributed by atoms with Gasteiger partial charge in [0, 0.05) is 29.3 Å². The fourth-order valence-corrected chi connectivity index (χ4v) is 3.95. The molecule has 4 aromatic rings. The number of aromatic nitrogens is 6. The number of hydrogen-bond acceptors (Lipinski definition) is 6. The highest BCUT2D eigenvalue weighted by Gasteiger charge is 2.16. The Balaban J connectivity index is 1.28. The summed E-state index contributed by atoms with van der Waals surface area (Å²) >= 11 is 0. The van der Waals surface area contributed by atoms with Gasteiger partial charge in [-0.15, -0.1) is 10.2 Å². The number of nitrogens with zero attached hydrogens (tertiary/aromatic N) is 5. The molecule has 0 bridgehead atoms. The Bertz CT molecular complexity index is 1180. The predicted octanol–water partition coefficient (Wildman–Crippen LogP) is 5.45. The van der Waals surface area contributed by atoms with Crippen molar-refractivity contribution in [3.8, 4) is 22.9 Å². The maximum absolute atomic E-state index is 6.20. The van der Waals surface area contributed by atoms with E-state index < -0.39 is 0 Å². The van der Waals surface area contributed by atoms with E-state index in [1.54, 1.807) is 0 Å². The lowest BCUT2D eigenvalue weighted by Gasteiger charge is -2.17. The lowest BCUT2D eigenvalue weighted by molar-refractivity contribution is 0.265. The molecule has 0 amide bonds. The van der Waals surface area contributed by atoms with Crippen LogP contribution in [0.2, 0.25) is 0 Å². The van der Waals surface area contributed by atoms with E-state index in [1.807, 2.05) is 24.3 Å². The zero-order valence-corrected chi connectivity index (χ0v) is 20.5. The molecule has 2 aromatic carbocycles. The zero-order chi connectivity index (χ0) is 24.0. The highest BCUT2D eigenvalue weighted by atomic mass is 16.5. The SMILES string of the molecule is CCCc1c(OCCCCOc2ccc(-c3nn[nH]n3)cc2)ccc2nn(CC(C)(C)C)cc12. The summed E-state index contributed by atoms with van der Waals surface area (Å²) in [6, 6.07) is 11.9. The number of benzene rings is 2. The Labute approximate surface area is 200 Å². The highest BCUT2D eigenvalue weighted by Crippen LogP contribution is 2.30. The van der Waals surface area contributed by atoms with Crippen molar-refractivity contribution in [1.29, 1.82) is 0 Å². The van der Waals surface area contributed by atoms with Crippen LogP contribution < -0.4 is 9.47 Å². The molecule has 1 N–H and O–H groups in total. The molecule has 0 aliphatic carbocycles. The molecule has 0 unspecified atom stereocenters. The first-order chi connectivity index (χ1) is 16.4. The van der Waals surface area contributed by atoms with Gasteiger partial charge < -0.3 is 9.47 Å². The minimum atomic E-state index is 0.185. The molecule has 0 spiro atoms. The van der Waals surface area contributed by atoms with Gasteiger partial charge in [-0.25, -0.2) is 0 Å². The normalized spacial score (nSPS) is 11.8. The third-order valence-electron chi connectivity index (χ3n) is 5.46. The van der Waals surface area contributed by atoms with Crippen molar-refractivity contribution in [2.75, 3.05) is 13.2 Å². The van der Waals surface area contributed by atoms with Crippen molar-refractivity contribution in [2.24, 2.45) is 5.41 Å². The minimum Gasteiger partial charge on any atom is -0.494 e. The average molecular weight is 463 g/mol. The minimum absolute atomic E-state index is 0.185. The maximum Gasteiger partial charge on any atom is 0.204 e. The standard InChI is InChI=1S/C26H34N6O2/c1-5-8-21-22-17-32(18-26(2,3)4)29-23(22)13-14-24(21)34-16-7-6-15-33-20-11-9-19(10-12-20)25-27-30-31-28-25/h9-14,17H,5-8,15-16,18H2,1-4H3,(H,27,28,30,31). The first kappa shape index (κ1) is 23.7. The molecule has 0 fully saturated rings. The van der Waals surface area contributed by atoms with Crippen molar-refractivity contribution in [1.82, 2.24) is 30.4 Å². The van der Waals surface area contributed by atoms with Gasteiger partial charge in [-0.3, -0.25) is 4.68 Å². The zero-order valence-electron chi connectivity index (χ0n) is 20.5. The molecular weight excluding hydrogens is 428 g/mol. The summed E-state index contributed by atoms with van der Waals surface area (Å²) < 4.78 is 14.1. The van der Waals surface area contributed by atoms with E-state index in [9.17, 15) is 0 Å². The molecule has 4 rings (SSSR count). The van der Waals surface area contributed by atoms with Crippen LogP contribution in [0.15, 0.2) is 42.6 Å². The van der Waals surface area contributed by atoms with Gasteiger partial charge in [-0.1, -0.05) is 34.1 Å². The van der Waals surface area contributed by atoms with Crippen molar-refractivity contribution < 1.29 is 9.47 Å². The number of ether oxygens (including phenoxy) is 2. The van der Waals surface area contributed by atoms with Gasteiger partial charge in [0.2, 0.25) is 5.82 Å². The predicted molar refractivity (Wildman–Crippen MR) is 133 cm³/mol. The molecule has 2 heterocycles. The second-order valence-corrected chi connectivity index (χ2v) is 9.78. The first-order valence-corrected chi connectivity index (χ1v) is 12.0. The van der Waals surface area contributed by atoms with E-state index in [0.29, 0.717) is 19.0 Å². The Morgan fingerprint density at radius 2 is 1.74 bits per heavy atom. The van der Waals surface area contributed by atoms with Crippen LogP contribution in [-0.4, -0.2) is 43.6 Å². The molecule has 8 nitrogen and oxygen atoms in total. The Morgan fingerprint density at radius 3 is 2.41 bits per heavy atom. The smallest absolute Gasteiger partial charge is 0.204 e. The van der Waals surface area contributed by atoms with E-state index in [1.165, 1.54) is 10.9 Å². The van der Waals surface area contributed by atoms with Crippen LogP contribution >= 0.6 is 0 Å². The van der Waals surface area contributed by atoms with E-state index in [-0.39, 0.29) is 5.41 Å². The summed E-state index contributed by atoms with van der Waals surface area (Å²) in [5.41, 5.74) is 3.39. The third-order valence-corrected chi connectivity index (χ3v) is 5.46. The van der Waals surface area contributed by atoms with Gasteiger partial charge in [0.25, 0.3) is 0 Å². The van der Waals surface area contributed by atoms with Crippen LogP contribution in [0.4, 0.5) is 0 Å². The largest absolute Gasteiger partial charge is 0.494 e. The summed E-state index contributed by atoms with van der Waals surface area (Å²) in [7, 11) is 0. The monoisotopic (exact) mass is 462 g/mol. The van der Waals surface area contributed by atoms with Crippen LogP contribution in [0, 0.1) is 5.41 Å². The number of rotatable bonds is 11. The lowest BCUT2D eigenvalue weighted by Crippen LogP contribution is -2.15. The number of tetrazole rings is 1. The molecule has 8 heteroatoms. The number of unbranched alkanes of at least 4 members (excludes halogenated alkanes) is 1. The summed E-state index contributed by atoms with van der Waals surface area (Å²) in [5.74, 6) is 2.38. The second kappa shape index (κ2) is 10.7. The maximum atomic E-state index is 6.20. The van der Waals surface area contributed by atoms with Crippen molar-refractivity contribution >= 4 is 10.9 Å². The molecule has 0 radical (unpaired) electrons. The molecule has 2 aromatic heterocycles. The van der Waals surface area contributed by atoms with Gasteiger partial charge in [0.1, 0.15) is 11.5 Å². The van der Waals surface area contributed by atoms with Crippen LogP contribution in [-0.2, 0) is 13.0 Å². The molecule has 0 saturated heterocycles. The van der Waals surface area contributed by atoms with E-state index in [0.717, 1.165) is 54.8 Å². The lowest BCUT2D eigenvalue weighted by atomic mass is 9.97. The molecule has 0 aliphatic rings. The Hall–Kier alpha value is -3.42. The van der Waals surface area contributed by atoms with Gasteiger partial charge in [0.15, 0.2) is 0 Å². The summed E-state index contributed by atoms with van der Waals surface area (Å²) in [6.45, 7) is 11.1. The molecule has 0 aliphatic heterocycles. The second-order valence-electron chi connectivity index (χ2n) is 9.78. The quantitative estimate of drug-likeness (QED) is 0.298. The Kier molecular flexibility index (Phi) is 7.45. The van der Waals surface area contributed by atoms with Crippen molar-refractivity contribution in [3.63, 3.8) is 0 Å². The number of aryl methyl sites for hydroxylation is 1. The number of nitrogens with one attached hydrogen (secondary N) is 1. The van der Waals surface area contributed by atoms with Crippen LogP contribution in [0.5, 0.6) is 11.5 Å². The van der Waals surface area contributed by atoms with Crippen LogP contribution in [0.1, 0.15) is 52.5 Å². The average Bonchev–Trinajstić information content (AvgIpc) is 3.47. The fourth-order valence-electron chi connectivity index (χ4n) is 3.95. The van der Waals surface area contributed by atoms with E-state index >= 15 is 0 Å². The third kappa shape index (κ3) is 6.12. The van der Waals surface area contributed by atoms with E-state index in [4.69, 9.17) is 14.6 Å².